The van der Waals surface area contributed by atoms with E-state index in [2.05, 4.69) is 10.0 Å². The van der Waals surface area contributed by atoms with E-state index in [1.165, 1.54) is 73.8 Å². The number of halogens is 3. The smallest absolute Gasteiger partial charge is 0.322 e. The van der Waals surface area contributed by atoms with E-state index in [1.54, 1.807) is 12.1 Å². The molecule has 214 valence electrons. The molecule has 0 fully saturated rings. The highest BCUT2D eigenvalue weighted by molar-refractivity contribution is 7.93. The quantitative estimate of drug-likeness (QED) is 0.261. The fourth-order valence-electron chi connectivity index (χ4n) is 3.72. The second-order valence-corrected chi connectivity index (χ2v) is 12.6. The number of nitrogens with zero attached hydrogens (tertiary/aromatic N) is 1. The van der Waals surface area contributed by atoms with Crippen LogP contribution in [0.5, 0.6) is 0 Å². The molecule has 0 bridgehead atoms. The number of hydrogen-bond acceptors (Lipinski definition) is 5. The SMILES string of the molecule is Cc1ccc(S(=O)(=O)N(C)c2ccc(C(=O)Nc3ccc(S(=O)(=O)Nc4cccc(C(F)(F)F)c4)cc3)cc2)cc1. The molecule has 2 N–H and O–H groups in total. The van der Waals surface area contributed by atoms with Crippen LogP contribution in [-0.4, -0.2) is 29.8 Å². The lowest BCUT2D eigenvalue weighted by Crippen LogP contribution is -2.26. The molecule has 0 spiro atoms. The molecule has 0 aliphatic carbocycles. The normalized spacial score (nSPS) is 12.0. The summed E-state index contributed by atoms with van der Waals surface area (Å²) in [5.41, 5.74) is 0.491. The van der Waals surface area contributed by atoms with E-state index in [1.807, 2.05) is 6.92 Å². The average Bonchev–Trinajstić information content (AvgIpc) is 2.92. The third-order valence-corrected chi connectivity index (χ3v) is 9.23. The van der Waals surface area contributed by atoms with Gasteiger partial charge in [0.2, 0.25) is 0 Å². The van der Waals surface area contributed by atoms with Gasteiger partial charge in [-0.3, -0.25) is 13.8 Å². The van der Waals surface area contributed by atoms with Gasteiger partial charge in [-0.1, -0.05) is 23.8 Å². The van der Waals surface area contributed by atoms with Gasteiger partial charge < -0.3 is 5.32 Å². The number of rotatable bonds is 8. The van der Waals surface area contributed by atoms with E-state index in [9.17, 15) is 34.8 Å². The third kappa shape index (κ3) is 6.87. The van der Waals surface area contributed by atoms with Gasteiger partial charge in [0.25, 0.3) is 26.0 Å². The van der Waals surface area contributed by atoms with E-state index in [0.29, 0.717) is 11.8 Å². The molecule has 0 aromatic heterocycles. The van der Waals surface area contributed by atoms with Gasteiger partial charge in [0.05, 0.1) is 21.0 Å². The molecule has 0 aliphatic rings. The van der Waals surface area contributed by atoms with Crippen molar-refractivity contribution < 1.29 is 34.8 Å². The van der Waals surface area contributed by atoms with Crippen LogP contribution in [0.2, 0.25) is 0 Å². The summed E-state index contributed by atoms with van der Waals surface area (Å²) in [5, 5.41) is 2.61. The second kappa shape index (κ2) is 11.3. The number of sulfonamides is 2. The standard InChI is InChI=1S/C28H24F3N3O5S2/c1-19-6-14-26(15-7-19)41(38,39)34(2)24-12-8-20(9-13-24)27(35)32-22-10-16-25(17-11-22)40(36,37)33-23-5-3-4-21(18-23)28(29,30)31/h3-18,33H,1-2H3,(H,32,35). The van der Waals surface area contributed by atoms with Gasteiger partial charge in [-0.15, -0.1) is 0 Å². The van der Waals surface area contributed by atoms with Crippen LogP contribution in [0.1, 0.15) is 21.5 Å². The van der Waals surface area contributed by atoms with Gasteiger partial charge in [0, 0.05) is 24.0 Å². The second-order valence-electron chi connectivity index (χ2n) is 9.00. The van der Waals surface area contributed by atoms with Crippen LogP contribution in [0.3, 0.4) is 0 Å². The summed E-state index contributed by atoms with van der Waals surface area (Å²) >= 11 is 0. The lowest BCUT2D eigenvalue weighted by Gasteiger charge is -2.20. The van der Waals surface area contributed by atoms with E-state index >= 15 is 0 Å². The maximum Gasteiger partial charge on any atom is 0.416 e. The zero-order chi connectivity index (χ0) is 30.0. The first-order chi connectivity index (χ1) is 19.2. The van der Waals surface area contributed by atoms with Crippen molar-refractivity contribution in [2.75, 3.05) is 21.4 Å². The predicted molar refractivity (Wildman–Crippen MR) is 150 cm³/mol. The molecule has 0 aliphatic heterocycles. The number of amides is 1. The maximum absolute atomic E-state index is 12.9. The van der Waals surface area contributed by atoms with Crippen LogP contribution in [0.25, 0.3) is 0 Å². The molecule has 1 amide bonds. The summed E-state index contributed by atoms with van der Waals surface area (Å²) in [7, 11) is -6.61. The summed E-state index contributed by atoms with van der Waals surface area (Å²) in [4.78, 5) is 12.6. The Kier molecular flexibility index (Phi) is 8.13. The number of alkyl halides is 3. The molecule has 0 saturated carbocycles. The molecule has 0 unspecified atom stereocenters. The summed E-state index contributed by atoms with van der Waals surface area (Å²) < 4.78 is 93.1. The van der Waals surface area contributed by atoms with Crippen molar-refractivity contribution >= 4 is 43.0 Å². The number of benzene rings is 4. The Labute approximate surface area is 235 Å². The Balaban J connectivity index is 1.42. The van der Waals surface area contributed by atoms with Gasteiger partial charge in [0.15, 0.2) is 0 Å². The molecule has 13 heteroatoms. The molecular weight excluding hydrogens is 579 g/mol. The minimum absolute atomic E-state index is 0.128. The molecule has 41 heavy (non-hydrogen) atoms. The van der Waals surface area contributed by atoms with Crippen molar-refractivity contribution in [1.29, 1.82) is 0 Å². The molecule has 4 rings (SSSR count). The van der Waals surface area contributed by atoms with E-state index in [4.69, 9.17) is 0 Å². The number of anilines is 3. The molecule has 4 aromatic rings. The molecule has 0 heterocycles. The van der Waals surface area contributed by atoms with Gasteiger partial charge in [-0.05, 0) is 85.8 Å². The summed E-state index contributed by atoms with van der Waals surface area (Å²) in [6.45, 7) is 1.85. The average molecular weight is 604 g/mol. The monoisotopic (exact) mass is 603 g/mol. The van der Waals surface area contributed by atoms with Crippen LogP contribution < -0.4 is 14.3 Å². The van der Waals surface area contributed by atoms with Gasteiger partial charge in [0.1, 0.15) is 0 Å². The van der Waals surface area contributed by atoms with Crippen LogP contribution in [0, 0.1) is 6.92 Å². The molecule has 0 radical (unpaired) electrons. The molecule has 8 nitrogen and oxygen atoms in total. The van der Waals surface area contributed by atoms with E-state index in [-0.39, 0.29) is 26.7 Å². The Morgan fingerprint density at radius 3 is 1.93 bits per heavy atom. The predicted octanol–water partition coefficient (Wildman–Crippen LogP) is 5.89. The highest BCUT2D eigenvalue weighted by Gasteiger charge is 2.30. The summed E-state index contributed by atoms with van der Waals surface area (Å²) in [6, 6.07) is 21.1. The third-order valence-electron chi connectivity index (χ3n) is 6.04. The van der Waals surface area contributed by atoms with Crippen molar-refractivity contribution in [2.45, 2.75) is 22.9 Å². The Morgan fingerprint density at radius 1 is 0.756 bits per heavy atom. The fourth-order valence-corrected chi connectivity index (χ4v) is 5.97. The van der Waals surface area contributed by atoms with Crippen LogP contribution in [-0.2, 0) is 26.2 Å². The number of carbonyl (C=O) groups is 1. The molecular formula is C28H24F3N3O5S2. The fraction of sp³-hybridized carbons (Fsp3) is 0.107. The lowest BCUT2D eigenvalue weighted by atomic mass is 10.2. The highest BCUT2D eigenvalue weighted by Crippen LogP contribution is 2.31. The summed E-state index contributed by atoms with van der Waals surface area (Å²) in [5.74, 6) is -0.529. The van der Waals surface area contributed by atoms with Crippen molar-refractivity contribution in [3.63, 3.8) is 0 Å². The van der Waals surface area contributed by atoms with E-state index < -0.39 is 37.7 Å². The first-order valence-corrected chi connectivity index (χ1v) is 14.9. The topological polar surface area (TPSA) is 113 Å². The Bertz CT molecular complexity index is 1770. The lowest BCUT2D eigenvalue weighted by molar-refractivity contribution is -0.137. The first kappa shape index (κ1) is 29.6. The molecule has 0 saturated heterocycles. The highest BCUT2D eigenvalue weighted by atomic mass is 32.2. The largest absolute Gasteiger partial charge is 0.416 e. The zero-order valence-corrected chi connectivity index (χ0v) is 23.3. The number of aryl methyl sites for hydroxylation is 1. The van der Waals surface area contributed by atoms with Crippen LogP contribution in [0.15, 0.2) is 107 Å². The summed E-state index contributed by atoms with van der Waals surface area (Å²) in [6.07, 6.45) is -4.63. The van der Waals surface area contributed by atoms with Crippen molar-refractivity contribution in [1.82, 2.24) is 0 Å². The van der Waals surface area contributed by atoms with Crippen LogP contribution in [0.4, 0.5) is 30.2 Å². The minimum atomic E-state index is -4.63. The maximum atomic E-state index is 12.9. The van der Waals surface area contributed by atoms with E-state index in [0.717, 1.165) is 22.0 Å². The number of nitrogens with one attached hydrogen (secondary N) is 2. The Hall–Kier alpha value is -4.36. The molecule has 4 aromatic carbocycles. The minimum Gasteiger partial charge on any atom is -0.322 e. The van der Waals surface area contributed by atoms with Gasteiger partial charge >= 0.3 is 6.18 Å². The number of carbonyl (C=O) groups excluding carboxylic acids is 1. The first-order valence-electron chi connectivity index (χ1n) is 11.9. The van der Waals surface area contributed by atoms with Crippen molar-refractivity contribution in [3.05, 3.63) is 114 Å². The molecule has 0 atom stereocenters. The number of hydrogen-bond donors (Lipinski definition) is 2. The van der Waals surface area contributed by atoms with Crippen molar-refractivity contribution in [2.24, 2.45) is 0 Å². The van der Waals surface area contributed by atoms with Crippen LogP contribution >= 0.6 is 0 Å². The Morgan fingerprint density at radius 2 is 1.34 bits per heavy atom. The van der Waals surface area contributed by atoms with Gasteiger partial charge in [-0.25, -0.2) is 16.8 Å². The zero-order valence-electron chi connectivity index (χ0n) is 21.7. The van der Waals surface area contributed by atoms with Crippen molar-refractivity contribution in [3.8, 4) is 0 Å². The van der Waals surface area contributed by atoms with Gasteiger partial charge in [-0.2, -0.15) is 13.2 Å².